The molecule has 0 saturated carbocycles. The average Bonchev–Trinajstić information content (AvgIpc) is 0.950. The molecule has 0 unspecified atom stereocenters. The number of aromatic carboxylic acids is 1. The summed E-state index contributed by atoms with van der Waals surface area (Å²) in [6, 6.07) is 67.9. The summed E-state index contributed by atoms with van der Waals surface area (Å²) < 4.78 is 4.44. The van der Waals surface area contributed by atoms with Crippen LogP contribution in [0.5, 0.6) is 40.2 Å². The van der Waals surface area contributed by atoms with Crippen LogP contribution in [0, 0.1) is 20.8 Å². The highest BCUT2D eigenvalue weighted by molar-refractivity contribution is 5.94. The van der Waals surface area contributed by atoms with Gasteiger partial charge in [0.1, 0.15) is 40.2 Å². The number of benzene rings is 11. The molecule has 0 aliphatic heterocycles. The summed E-state index contributed by atoms with van der Waals surface area (Å²) in [6.07, 6.45) is 0.924. The number of hydrogen-bond donors (Lipinski definition) is 21. The Kier molecular flexibility index (Phi) is 38.4. The monoisotopic (exact) mass is 1350 g/mol. The number of phenols is 7. The van der Waals surface area contributed by atoms with E-state index in [0.29, 0.717) is 62.6 Å². The molecule has 33 N–H and O–H groups in total. The van der Waals surface area contributed by atoms with Crippen LogP contribution in [0.1, 0.15) is 49.9 Å². The Hall–Kier alpha value is -13.6. The number of nitrogens with two attached hydrogens (primary N) is 12. The Morgan fingerprint density at radius 3 is 1.14 bits per heavy atom. The van der Waals surface area contributed by atoms with E-state index in [-0.39, 0.29) is 45.6 Å². The summed E-state index contributed by atoms with van der Waals surface area (Å²) in [5, 5.41) is 73.9. The first-order chi connectivity index (χ1) is 46.8. The number of hydrogen-bond acceptors (Lipinski definition) is 23. The van der Waals surface area contributed by atoms with Gasteiger partial charge in [0.2, 0.25) is 0 Å². The van der Waals surface area contributed by atoms with Crippen LogP contribution in [0.3, 0.4) is 0 Å². The molecule has 24 heteroatoms. The number of carboxylic acid groups (broad SMARTS) is 1. The normalized spacial score (nSPS) is 9.23. The van der Waals surface area contributed by atoms with Gasteiger partial charge in [-0.25, -0.2) is 9.59 Å². The molecule has 0 spiro atoms. The largest absolute Gasteiger partial charge is 0.508 e. The number of esters is 1. The van der Waals surface area contributed by atoms with Crippen LogP contribution in [0.25, 0.3) is 0 Å². The molecule has 99 heavy (non-hydrogen) atoms. The first kappa shape index (κ1) is 83.4. The maximum atomic E-state index is 11.0. The highest BCUT2D eigenvalue weighted by Crippen LogP contribution is 2.24. The Bertz CT molecular complexity index is 3890. The summed E-state index contributed by atoms with van der Waals surface area (Å²) in [5.74, 6) is -0.108. The molecule has 524 valence electrons. The number of phenolic OH excluding ortho intramolecular Hbond substituents is 7. The van der Waals surface area contributed by atoms with E-state index in [1.54, 1.807) is 164 Å². The molecular formula is C75H93N13O11. The molecule has 0 amide bonds. The van der Waals surface area contributed by atoms with Crippen molar-refractivity contribution >= 4 is 85.9 Å². The van der Waals surface area contributed by atoms with E-state index in [9.17, 15) is 9.59 Å². The second kappa shape index (κ2) is 45.6. The first-order valence-electron chi connectivity index (χ1n) is 29.8. The van der Waals surface area contributed by atoms with Gasteiger partial charge in [-0.1, -0.05) is 67.6 Å². The number of carbonyl (C=O) groups is 2. The molecule has 0 aliphatic carbocycles. The molecule has 0 saturated heterocycles. The van der Waals surface area contributed by atoms with E-state index >= 15 is 0 Å². The topological polar surface area (TPSA) is 529 Å². The van der Waals surface area contributed by atoms with Crippen LogP contribution in [-0.4, -0.2) is 66.9 Å². The van der Waals surface area contributed by atoms with Gasteiger partial charge < -0.3 is 120 Å². The summed E-state index contributed by atoms with van der Waals surface area (Å²) in [6.45, 7) is 7.60. The standard InChI is InChI=1S/C9H8O4.C8H11NO.4C7H9NO.3C6H8N2.2C6H7NO/c1-13-9(12)7-4-2-3-6(5-7)8(10)11;1-2-6-3-4-7(9)8(10)5-6;1-8-6-2-4-7(9)5-3-6;1-5-4-6(9)2-3-7(5)8;1-5-2-3-6(8)7(9)4-5;1-5-3-2-4-6(8)7(5)9;7-5-1-2-6(8)4-3-5;7-5-2-1-3-6(8)4-5;7-5-3-1-2-4-6(5)8;7-5-1-3-6(8)4-2-5;7-5-3-1-2-4-6(5)8/h2-5H,1H3,(H,10,11);3-5,10H,2,9H2,1H3;2-5,8-9H,1H3;3*2-4,9H,8H2,1H3;3*1-4H,7-8H2;2*1-4,8H,7H2. The molecule has 11 rings (SSSR count). The van der Waals surface area contributed by atoms with Gasteiger partial charge in [0, 0.05) is 46.9 Å². The van der Waals surface area contributed by atoms with Crippen LogP contribution in [0.2, 0.25) is 0 Å². The van der Waals surface area contributed by atoms with Crippen molar-refractivity contribution in [2.24, 2.45) is 0 Å². The van der Waals surface area contributed by atoms with Crippen LogP contribution < -0.4 is 74.1 Å². The number of carboxylic acids is 1. The van der Waals surface area contributed by atoms with Gasteiger partial charge >= 0.3 is 11.9 Å². The molecule has 11 aromatic carbocycles. The molecular weight excluding hydrogens is 1260 g/mol. The fourth-order valence-corrected chi connectivity index (χ4v) is 6.86. The van der Waals surface area contributed by atoms with Crippen molar-refractivity contribution in [1.29, 1.82) is 0 Å². The van der Waals surface area contributed by atoms with Gasteiger partial charge in [0.15, 0.2) is 0 Å². The highest BCUT2D eigenvalue weighted by atomic mass is 16.5. The summed E-state index contributed by atoms with van der Waals surface area (Å²) in [7, 11) is 3.09. The van der Waals surface area contributed by atoms with Crippen molar-refractivity contribution in [2.75, 3.05) is 88.3 Å². The van der Waals surface area contributed by atoms with E-state index < -0.39 is 11.9 Å². The van der Waals surface area contributed by atoms with Gasteiger partial charge in [-0.3, -0.25) is 0 Å². The lowest BCUT2D eigenvalue weighted by atomic mass is 10.1. The third-order valence-corrected chi connectivity index (χ3v) is 12.6. The van der Waals surface area contributed by atoms with Crippen LogP contribution in [-0.2, 0) is 11.2 Å². The second-order valence-corrected chi connectivity index (χ2v) is 20.7. The number of ether oxygens (including phenoxy) is 1. The smallest absolute Gasteiger partial charge is 0.337 e. The van der Waals surface area contributed by atoms with Crippen molar-refractivity contribution in [3.63, 3.8) is 0 Å². The first-order valence-corrected chi connectivity index (χ1v) is 29.8. The molecule has 0 atom stereocenters. The number of nitrogen functional groups attached to an aromatic ring is 12. The number of nitrogens with one attached hydrogen (secondary N) is 1. The van der Waals surface area contributed by atoms with E-state index in [2.05, 4.69) is 10.1 Å². The number of aryl methyl sites for hydroxylation is 4. The van der Waals surface area contributed by atoms with Crippen LogP contribution >= 0.6 is 0 Å². The average molecular weight is 1350 g/mol. The predicted molar refractivity (Wildman–Crippen MR) is 407 cm³/mol. The summed E-state index contributed by atoms with van der Waals surface area (Å²) in [4.78, 5) is 21.5. The van der Waals surface area contributed by atoms with Crippen molar-refractivity contribution in [2.45, 2.75) is 34.1 Å². The van der Waals surface area contributed by atoms with E-state index in [4.69, 9.17) is 110 Å². The van der Waals surface area contributed by atoms with Gasteiger partial charge in [-0.15, -0.1) is 0 Å². The number of rotatable bonds is 4. The SMILES string of the molecule is CCc1ccc(N)c(O)c1.CNc1ccc(O)cc1.COC(=O)c1cccc(C(=O)O)c1.Cc1cc(O)ccc1N.Cc1ccc(N)c(O)c1.Cc1cccc(N)c1O.Nc1ccc(N)cc1.Nc1ccc(O)cc1.Nc1cccc(N)c1.Nc1ccccc1N.Nc1ccccc1O. The highest BCUT2D eigenvalue weighted by Gasteiger charge is 2.09. The van der Waals surface area contributed by atoms with Gasteiger partial charge in [-0.2, -0.15) is 0 Å². The molecule has 24 nitrogen and oxygen atoms in total. The predicted octanol–water partition coefficient (Wildman–Crippen LogP) is 12.5. The molecule has 11 aromatic rings. The molecule has 0 aliphatic rings. The minimum atomic E-state index is -1.06. The third kappa shape index (κ3) is 36.4. The van der Waals surface area contributed by atoms with Crippen molar-refractivity contribution in [3.8, 4) is 40.2 Å². The molecule has 0 fully saturated rings. The Balaban J connectivity index is 0.000000546. The Morgan fingerprint density at radius 2 is 0.778 bits per heavy atom. The summed E-state index contributed by atoms with van der Waals surface area (Å²) >= 11 is 0. The van der Waals surface area contributed by atoms with Crippen molar-refractivity contribution in [1.82, 2.24) is 0 Å². The number of carbonyl (C=O) groups excluding carboxylic acids is 1. The van der Waals surface area contributed by atoms with E-state index in [1.165, 1.54) is 31.4 Å². The summed E-state index contributed by atoms with van der Waals surface area (Å²) in [5.41, 5.74) is 77.0. The second-order valence-electron chi connectivity index (χ2n) is 20.7. The van der Waals surface area contributed by atoms with Crippen molar-refractivity contribution in [3.05, 3.63) is 276 Å². The lowest BCUT2D eigenvalue weighted by molar-refractivity contribution is 0.0600. The lowest BCUT2D eigenvalue weighted by Gasteiger charge is -1.99. The quantitative estimate of drug-likeness (QED) is 0.0337. The fourth-order valence-electron chi connectivity index (χ4n) is 6.86. The number of anilines is 13. The molecule has 0 heterocycles. The minimum absolute atomic E-state index is 0.0721. The number of aromatic hydroxyl groups is 7. The maximum absolute atomic E-state index is 11.0. The zero-order valence-electron chi connectivity index (χ0n) is 56.0. The van der Waals surface area contributed by atoms with Crippen molar-refractivity contribution < 1.29 is 55.2 Å². The molecule has 0 radical (unpaired) electrons. The Labute approximate surface area is 577 Å². The van der Waals surface area contributed by atoms with Crippen LogP contribution in [0.4, 0.5) is 73.9 Å². The Morgan fingerprint density at radius 1 is 0.364 bits per heavy atom. The fraction of sp³-hybridized carbons (Fsp3) is 0.0933. The molecule has 0 aromatic heterocycles. The van der Waals surface area contributed by atoms with E-state index in [1.807, 2.05) is 89.3 Å². The third-order valence-electron chi connectivity index (χ3n) is 12.6. The van der Waals surface area contributed by atoms with Crippen LogP contribution in [0.15, 0.2) is 243 Å². The van der Waals surface area contributed by atoms with Gasteiger partial charge in [-0.05, 0) is 231 Å². The van der Waals surface area contributed by atoms with Gasteiger partial charge in [0.05, 0.1) is 52.4 Å². The molecule has 0 bridgehead atoms. The van der Waals surface area contributed by atoms with E-state index in [0.717, 1.165) is 45.7 Å². The maximum Gasteiger partial charge on any atom is 0.337 e. The van der Waals surface area contributed by atoms with Gasteiger partial charge in [0.25, 0.3) is 0 Å². The zero-order valence-corrected chi connectivity index (χ0v) is 56.0. The zero-order chi connectivity index (χ0) is 74.6. The minimum Gasteiger partial charge on any atom is -0.508 e. The number of methoxy groups -OCH3 is 1. The number of para-hydroxylation sites is 5. The lowest BCUT2D eigenvalue weighted by Crippen LogP contribution is -2.03.